The number of amides is 1. The third kappa shape index (κ3) is 4.16. The van der Waals surface area contributed by atoms with Crippen LogP contribution in [0, 0.1) is 24.7 Å². The number of nitrogens with zero attached hydrogens (tertiary/aromatic N) is 5. The van der Waals surface area contributed by atoms with E-state index in [1.54, 1.807) is 11.0 Å². The van der Waals surface area contributed by atoms with Gasteiger partial charge in [-0.3, -0.25) is 10.1 Å². The van der Waals surface area contributed by atoms with Crippen molar-refractivity contribution in [3.63, 3.8) is 0 Å². The van der Waals surface area contributed by atoms with Gasteiger partial charge < -0.3 is 0 Å². The van der Waals surface area contributed by atoms with Crippen molar-refractivity contribution < 1.29 is 4.79 Å². The van der Waals surface area contributed by atoms with E-state index in [0.717, 1.165) is 54.0 Å². The quantitative estimate of drug-likeness (QED) is 0.383. The fraction of sp³-hybridized carbons (Fsp3) is 0.400. The highest BCUT2D eigenvalue weighted by molar-refractivity contribution is 6.04. The summed E-state index contributed by atoms with van der Waals surface area (Å²) in [5.41, 5.74) is 4.94. The van der Waals surface area contributed by atoms with E-state index in [1.165, 1.54) is 24.8 Å². The molecule has 2 heterocycles. The monoisotopic (exact) mass is 492 g/mol. The van der Waals surface area contributed by atoms with Gasteiger partial charge in [-0.15, -0.1) is 5.10 Å². The van der Waals surface area contributed by atoms with Crippen LogP contribution in [0.15, 0.2) is 67.1 Å². The van der Waals surface area contributed by atoms with Gasteiger partial charge in [-0.2, -0.15) is 5.10 Å². The molecule has 2 aromatic heterocycles. The standard InChI is InChI=1S/C30H32N6O/c1-20-6-5-7-21(10-20)17-35-19-31-29(34-35)32-28(37)26-18-36(25-8-3-2-4-9-25)33-27(26)30-14-22-11-23(15-30)13-24(12-22)16-30/h2-10,18-19,22-24H,11-17H2,1H3,(H,32,34,37). The number of rotatable bonds is 6. The lowest BCUT2D eigenvalue weighted by atomic mass is 9.48. The van der Waals surface area contributed by atoms with Gasteiger partial charge in [0.25, 0.3) is 5.91 Å². The Hall–Kier alpha value is -3.74. The Labute approximate surface area is 216 Å². The summed E-state index contributed by atoms with van der Waals surface area (Å²) in [4.78, 5) is 18.1. The highest BCUT2D eigenvalue weighted by Crippen LogP contribution is 2.60. The lowest BCUT2D eigenvalue weighted by molar-refractivity contribution is -0.00765. The number of para-hydroxylation sites is 1. The summed E-state index contributed by atoms with van der Waals surface area (Å²) in [6.07, 6.45) is 11.1. The zero-order valence-electron chi connectivity index (χ0n) is 21.2. The molecule has 2 aromatic carbocycles. The molecule has 4 bridgehead atoms. The molecule has 1 amide bonds. The minimum absolute atomic E-state index is 0.000584. The average molecular weight is 493 g/mol. The molecule has 0 aliphatic heterocycles. The molecule has 7 heteroatoms. The smallest absolute Gasteiger partial charge is 0.261 e. The van der Waals surface area contributed by atoms with Crippen LogP contribution in [-0.2, 0) is 12.0 Å². The molecule has 4 fully saturated rings. The topological polar surface area (TPSA) is 77.6 Å². The van der Waals surface area contributed by atoms with E-state index in [9.17, 15) is 4.79 Å². The van der Waals surface area contributed by atoms with Gasteiger partial charge >= 0.3 is 0 Å². The van der Waals surface area contributed by atoms with E-state index in [4.69, 9.17) is 5.10 Å². The molecule has 37 heavy (non-hydrogen) atoms. The third-order valence-electron chi connectivity index (χ3n) is 8.71. The predicted molar refractivity (Wildman–Crippen MR) is 142 cm³/mol. The van der Waals surface area contributed by atoms with Crippen LogP contribution in [0.3, 0.4) is 0 Å². The molecule has 0 saturated heterocycles. The molecule has 4 aliphatic rings. The number of hydrogen-bond acceptors (Lipinski definition) is 4. The summed E-state index contributed by atoms with van der Waals surface area (Å²) < 4.78 is 3.64. The maximum Gasteiger partial charge on any atom is 0.261 e. The maximum atomic E-state index is 13.7. The molecule has 4 aliphatic carbocycles. The summed E-state index contributed by atoms with van der Waals surface area (Å²) in [7, 11) is 0. The van der Waals surface area contributed by atoms with Crippen molar-refractivity contribution in [3.05, 3.63) is 89.5 Å². The van der Waals surface area contributed by atoms with Crippen LogP contribution >= 0.6 is 0 Å². The number of carbonyl (C=O) groups is 1. The number of nitrogens with one attached hydrogen (secondary N) is 1. The van der Waals surface area contributed by atoms with Crippen LogP contribution in [-0.4, -0.2) is 30.5 Å². The van der Waals surface area contributed by atoms with Gasteiger partial charge in [0.15, 0.2) is 0 Å². The van der Waals surface area contributed by atoms with Crippen LogP contribution in [0.25, 0.3) is 5.69 Å². The number of hydrogen-bond donors (Lipinski definition) is 1. The van der Waals surface area contributed by atoms with Gasteiger partial charge in [-0.25, -0.2) is 14.3 Å². The molecule has 188 valence electrons. The van der Waals surface area contributed by atoms with Gasteiger partial charge in [-0.05, 0) is 80.9 Å². The Kier molecular flexibility index (Phi) is 5.27. The lowest BCUT2D eigenvalue weighted by Gasteiger charge is -2.56. The first kappa shape index (κ1) is 22.5. The minimum atomic E-state index is -0.179. The molecule has 0 unspecified atom stereocenters. The van der Waals surface area contributed by atoms with E-state index in [0.29, 0.717) is 18.1 Å². The second-order valence-corrected chi connectivity index (χ2v) is 11.6. The summed E-state index contributed by atoms with van der Waals surface area (Å²) in [5, 5.41) is 12.6. The molecular weight excluding hydrogens is 460 g/mol. The molecule has 8 rings (SSSR count). The minimum Gasteiger partial charge on any atom is -0.289 e. The predicted octanol–water partition coefficient (Wildman–Crippen LogP) is 5.54. The Bertz CT molecular complexity index is 1420. The van der Waals surface area contributed by atoms with Crippen LogP contribution in [0.1, 0.15) is 65.7 Å². The van der Waals surface area contributed by atoms with Crippen LogP contribution < -0.4 is 5.32 Å². The first-order valence-electron chi connectivity index (χ1n) is 13.4. The number of aromatic nitrogens is 5. The fourth-order valence-electron chi connectivity index (χ4n) is 7.64. The largest absolute Gasteiger partial charge is 0.289 e. The molecule has 0 spiro atoms. The molecular formula is C30H32N6O. The Balaban J connectivity index is 1.19. The van der Waals surface area contributed by atoms with Crippen molar-refractivity contribution in [1.29, 1.82) is 0 Å². The molecule has 0 radical (unpaired) electrons. The van der Waals surface area contributed by atoms with Crippen molar-refractivity contribution >= 4 is 11.9 Å². The summed E-state index contributed by atoms with van der Waals surface area (Å²) >= 11 is 0. The normalized spacial score (nSPS) is 25.9. The van der Waals surface area contributed by atoms with Crippen LogP contribution in [0.2, 0.25) is 0 Å². The zero-order chi connectivity index (χ0) is 25.0. The van der Waals surface area contributed by atoms with E-state index in [-0.39, 0.29) is 11.3 Å². The SMILES string of the molecule is Cc1cccc(Cn2cnc(NC(=O)c3cn(-c4ccccc4)nc3C34CC5CC(CC(C5)C3)C4)n2)c1. The first-order chi connectivity index (χ1) is 18.0. The van der Waals surface area contributed by atoms with E-state index >= 15 is 0 Å². The highest BCUT2D eigenvalue weighted by atomic mass is 16.1. The van der Waals surface area contributed by atoms with Gasteiger partial charge in [0.05, 0.1) is 23.5 Å². The highest BCUT2D eigenvalue weighted by Gasteiger charge is 2.54. The number of carbonyl (C=O) groups excluding carboxylic acids is 1. The number of anilines is 1. The van der Waals surface area contributed by atoms with E-state index in [2.05, 4.69) is 40.5 Å². The Morgan fingerprint density at radius 1 is 0.973 bits per heavy atom. The van der Waals surface area contributed by atoms with E-state index < -0.39 is 0 Å². The average Bonchev–Trinajstić information content (AvgIpc) is 3.52. The Morgan fingerprint density at radius 2 is 1.70 bits per heavy atom. The molecule has 0 atom stereocenters. The summed E-state index contributed by atoms with van der Waals surface area (Å²) in [6.45, 7) is 2.68. The van der Waals surface area contributed by atoms with Crippen molar-refractivity contribution in [1.82, 2.24) is 24.5 Å². The lowest BCUT2D eigenvalue weighted by Crippen LogP contribution is -2.49. The van der Waals surface area contributed by atoms with Gasteiger partial charge in [0.2, 0.25) is 5.95 Å². The Morgan fingerprint density at radius 3 is 2.41 bits per heavy atom. The van der Waals surface area contributed by atoms with Gasteiger partial charge in [0.1, 0.15) is 6.33 Å². The van der Waals surface area contributed by atoms with Crippen molar-refractivity contribution in [2.24, 2.45) is 17.8 Å². The summed E-state index contributed by atoms with van der Waals surface area (Å²) in [6, 6.07) is 18.4. The second-order valence-electron chi connectivity index (χ2n) is 11.6. The van der Waals surface area contributed by atoms with Crippen molar-refractivity contribution in [3.8, 4) is 5.69 Å². The molecule has 4 aromatic rings. The van der Waals surface area contributed by atoms with Crippen molar-refractivity contribution in [2.75, 3.05) is 5.32 Å². The number of benzene rings is 2. The maximum absolute atomic E-state index is 13.7. The second kappa shape index (κ2) is 8.68. The molecule has 4 saturated carbocycles. The van der Waals surface area contributed by atoms with E-state index in [1.807, 2.05) is 47.3 Å². The molecule has 1 N–H and O–H groups in total. The third-order valence-corrected chi connectivity index (χ3v) is 8.71. The van der Waals surface area contributed by atoms with Gasteiger partial charge in [-0.1, -0.05) is 48.0 Å². The number of aryl methyl sites for hydroxylation is 1. The van der Waals surface area contributed by atoms with Gasteiger partial charge in [0, 0.05) is 11.6 Å². The van der Waals surface area contributed by atoms with Crippen LogP contribution in [0.4, 0.5) is 5.95 Å². The summed E-state index contributed by atoms with van der Waals surface area (Å²) in [5.74, 6) is 2.44. The van der Waals surface area contributed by atoms with Crippen LogP contribution in [0.5, 0.6) is 0 Å². The fourth-order valence-corrected chi connectivity index (χ4v) is 7.64. The molecule has 7 nitrogen and oxygen atoms in total. The zero-order valence-corrected chi connectivity index (χ0v) is 21.2. The first-order valence-corrected chi connectivity index (χ1v) is 13.4. The van der Waals surface area contributed by atoms with Crippen molar-refractivity contribution in [2.45, 2.75) is 57.4 Å².